The van der Waals surface area contributed by atoms with E-state index in [9.17, 15) is 9.59 Å². The van der Waals surface area contributed by atoms with Crippen LogP contribution in [0.1, 0.15) is 17.4 Å². The molecule has 0 radical (unpaired) electrons. The molecule has 1 amide bonds. The van der Waals surface area contributed by atoms with Crippen molar-refractivity contribution in [2.75, 3.05) is 5.32 Å². The number of nitrogens with one attached hydrogen (secondary N) is 1. The summed E-state index contributed by atoms with van der Waals surface area (Å²) in [5, 5.41) is 2.98. The molecule has 2 aromatic heterocycles. The monoisotopic (exact) mass is 305 g/mol. The van der Waals surface area contributed by atoms with E-state index in [0.717, 1.165) is 0 Å². The molecule has 0 saturated carbocycles. The van der Waals surface area contributed by atoms with Crippen LogP contribution in [0.15, 0.2) is 42.7 Å². The molecule has 0 aliphatic rings. The fraction of sp³-hybridized carbons (Fsp3) is 0.143. The zero-order valence-corrected chi connectivity index (χ0v) is 11.9. The van der Waals surface area contributed by atoms with Gasteiger partial charge in [0.15, 0.2) is 6.10 Å². The van der Waals surface area contributed by atoms with Gasteiger partial charge in [-0.25, -0.2) is 14.8 Å². The molecule has 6 nitrogen and oxygen atoms in total. The van der Waals surface area contributed by atoms with Crippen LogP contribution in [0.3, 0.4) is 0 Å². The van der Waals surface area contributed by atoms with E-state index in [-0.39, 0.29) is 5.69 Å². The number of esters is 1. The third-order valence-corrected chi connectivity index (χ3v) is 2.73. The largest absolute Gasteiger partial charge is 0.448 e. The standard InChI is InChI=1S/C14H12ClN3O3/c1-9(21-14(20)11-4-2-3-7-16-11)13(19)18-12-6-5-10(15)8-17-12/h2-9H,1H3,(H,17,18,19). The Labute approximate surface area is 126 Å². The van der Waals surface area contributed by atoms with Crippen molar-refractivity contribution in [2.45, 2.75) is 13.0 Å². The lowest BCUT2D eigenvalue weighted by molar-refractivity contribution is -0.123. The minimum atomic E-state index is -0.975. The van der Waals surface area contributed by atoms with Crippen LogP contribution < -0.4 is 5.32 Å². The summed E-state index contributed by atoms with van der Waals surface area (Å²) in [6.45, 7) is 1.46. The molecule has 7 heteroatoms. The van der Waals surface area contributed by atoms with Crippen LogP contribution in [0, 0.1) is 0 Å². The normalized spacial score (nSPS) is 11.5. The lowest BCUT2D eigenvalue weighted by atomic mass is 10.3. The molecule has 0 aromatic carbocycles. The number of pyridine rings is 2. The first-order valence-corrected chi connectivity index (χ1v) is 6.48. The van der Waals surface area contributed by atoms with E-state index in [0.29, 0.717) is 10.8 Å². The van der Waals surface area contributed by atoms with Crippen LogP contribution in [0.2, 0.25) is 5.02 Å². The number of amides is 1. The Kier molecular flexibility index (Phi) is 4.84. The Morgan fingerprint density at radius 1 is 1.24 bits per heavy atom. The molecule has 0 spiro atoms. The minimum Gasteiger partial charge on any atom is -0.448 e. The van der Waals surface area contributed by atoms with Gasteiger partial charge >= 0.3 is 5.97 Å². The maximum Gasteiger partial charge on any atom is 0.357 e. The van der Waals surface area contributed by atoms with Gasteiger partial charge in [-0.1, -0.05) is 17.7 Å². The first-order valence-electron chi connectivity index (χ1n) is 6.10. The highest BCUT2D eigenvalue weighted by atomic mass is 35.5. The molecular weight excluding hydrogens is 294 g/mol. The summed E-state index contributed by atoms with van der Waals surface area (Å²) in [7, 11) is 0. The van der Waals surface area contributed by atoms with Crippen molar-refractivity contribution in [1.29, 1.82) is 0 Å². The van der Waals surface area contributed by atoms with Gasteiger partial charge in [0.1, 0.15) is 11.5 Å². The van der Waals surface area contributed by atoms with Crippen LogP contribution in [-0.2, 0) is 9.53 Å². The summed E-state index contributed by atoms with van der Waals surface area (Å²) in [6, 6.07) is 7.99. The number of rotatable bonds is 4. The molecule has 1 N–H and O–H groups in total. The van der Waals surface area contributed by atoms with Gasteiger partial charge in [0.2, 0.25) is 0 Å². The highest BCUT2D eigenvalue weighted by Crippen LogP contribution is 2.10. The van der Waals surface area contributed by atoms with E-state index in [1.165, 1.54) is 25.4 Å². The molecule has 0 aliphatic carbocycles. The number of anilines is 1. The Bertz CT molecular complexity index is 632. The maximum absolute atomic E-state index is 11.9. The second kappa shape index (κ2) is 6.81. The topological polar surface area (TPSA) is 81.2 Å². The molecule has 2 aromatic rings. The first-order chi connectivity index (χ1) is 10.1. The average molecular weight is 306 g/mol. The van der Waals surface area contributed by atoms with Crippen LogP contribution in [0.4, 0.5) is 5.82 Å². The van der Waals surface area contributed by atoms with Crippen molar-refractivity contribution < 1.29 is 14.3 Å². The number of halogens is 1. The SMILES string of the molecule is CC(OC(=O)c1ccccn1)C(=O)Nc1ccc(Cl)cn1. The maximum atomic E-state index is 11.9. The Morgan fingerprint density at radius 2 is 2.05 bits per heavy atom. The summed E-state index contributed by atoms with van der Waals surface area (Å²) in [5.74, 6) is -0.832. The van der Waals surface area contributed by atoms with E-state index >= 15 is 0 Å². The average Bonchev–Trinajstić information content (AvgIpc) is 2.50. The van der Waals surface area contributed by atoms with Gasteiger partial charge in [-0.2, -0.15) is 0 Å². The third kappa shape index (κ3) is 4.25. The van der Waals surface area contributed by atoms with Crippen LogP contribution in [0.5, 0.6) is 0 Å². The molecule has 0 aliphatic heterocycles. The van der Waals surface area contributed by atoms with Crippen molar-refractivity contribution in [3.05, 3.63) is 53.4 Å². The van der Waals surface area contributed by atoms with Crippen molar-refractivity contribution in [2.24, 2.45) is 0 Å². The van der Waals surface area contributed by atoms with E-state index < -0.39 is 18.0 Å². The third-order valence-electron chi connectivity index (χ3n) is 2.51. The highest BCUT2D eigenvalue weighted by Gasteiger charge is 2.19. The Hall–Kier alpha value is -2.47. The van der Waals surface area contributed by atoms with Crippen molar-refractivity contribution in [1.82, 2.24) is 9.97 Å². The van der Waals surface area contributed by atoms with Crippen LogP contribution >= 0.6 is 11.6 Å². The van der Waals surface area contributed by atoms with E-state index in [2.05, 4.69) is 15.3 Å². The molecule has 0 saturated heterocycles. The predicted molar refractivity (Wildman–Crippen MR) is 77.0 cm³/mol. The first kappa shape index (κ1) is 14.9. The van der Waals surface area contributed by atoms with Gasteiger partial charge in [0, 0.05) is 12.4 Å². The van der Waals surface area contributed by atoms with Gasteiger partial charge in [-0.15, -0.1) is 0 Å². The summed E-state index contributed by atoms with van der Waals surface area (Å²) < 4.78 is 5.03. The van der Waals surface area contributed by atoms with E-state index in [1.807, 2.05) is 0 Å². The van der Waals surface area contributed by atoms with Gasteiger partial charge in [-0.3, -0.25) is 4.79 Å². The number of carbonyl (C=O) groups excluding carboxylic acids is 2. The molecule has 0 fully saturated rings. The minimum absolute atomic E-state index is 0.141. The van der Waals surface area contributed by atoms with Crippen molar-refractivity contribution in [3.63, 3.8) is 0 Å². The summed E-state index contributed by atoms with van der Waals surface area (Å²) in [5.41, 5.74) is 0.141. The predicted octanol–water partition coefficient (Wildman–Crippen LogP) is 2.31. The van der Waals surface area contributed by atoms with Crippen molar-refractivity contribution in [3.8, 4) is 0 Å². The van der Waals surface area contributed by atoms with Gasteiger partial charge in [0.25, 0.3) is 5.91 Å². The van der Waals surface area contributed by atoms with Gasteiger partial charge < -0.3 is 10.1 Å². The number of hydrogen-bond acceptors (Lipinski definition) is 5. The summed E-state index contributed by atoms with van der Waals surface area (Å²) >= 11 is 5.70. The second-order valence-electron chi connectivity index (χ2n) is 4.11. The van der Waals surface area contributed by atoms with Gasteiger partial charge in [0.05, 0.1) is 5.02 Å². The lowest BCUT2D eigenvalue weighted by Crippen LogP contribution is -2.30. The van der Waals surface area contributed by atoms with Crippen LogP contribution in [0.25, 0.3) is 0 Å². The quantitative estimate of drug-likeness (QED) is 0.877. The second-order valence-corrected chi connectivity index (χ2v) is 4.55. The van der Waals surface area contributed by atoms with E-state index in [4.69, 9.17) is 16.3 Å². The highest BCUT2D eigenvalue weighted by molar-refractivity contribution is 6.30. The molecule has 108 valence electrons. The zero-order valence-electron chi connectivity index (χ0n) is 11.1. The smallest absolute Gasteiger partial charge is 0.357 e. The molecule has 2 rings (SSSR count). The van der Waals surface area contributed by atoms with Crippen LogP contribution in [-0.4, -0.2) is 27.9 Å². The van der Waals surface area contributed by atoms with E-state index in [1.54, 1.807) is 24.3 Å². The molecule has 21 heavy (non-hydrogen) atoms. The molecular formula is C14H12ClN3O3. The summed E-state index contributed by atoms with van der Waals surface area (Å²) in [4.78, 5) is 31.4. The van der Waals surface area contributed by atoms with Gasteiger partial charge in [-0.05, 0) is 31.2 Å². The fourth-order valence-electron chi connectivity index (χ4n) is 1.44. The van der Waals surface area contributed by atoms with Crippen molar-refractivity contribution >= 4 is 29.3 Å². The lowest BCUT2D eigenvalue weighted by Gasteiger charge is -2.12. The number of carbonyl (C=O) groups is 2. The number of hydrogen-bond donors (Lipinski definition) is 1. The molecule has 0 bridgehead atoms. The number of ether oxygens (including phenoxy) is 1. The molecule has 2 heterocycles. The zero-order chi connectivity index (χ0) is 15.2. The Morgan fingerprint density at radius 3 is 2.67 bits per heavy atom. The fourth-order valence-corrected chi connectivity index (χ4v) is 1.55. The Balaban J connectivity index is 1.93. The number of aromatic nitrogens is 2. The molecule has 1 unspecified atom stereocenters. The summed E-state index contributed by atoms with van der Waals surface area (Å²) in [6.07, 6.45) is 1.90. The number of nitrogens with zero attached hydrogens (tertiary/aromatic N) is 2. The molecule has 1 atom stereocenters.